The molecular weight excluding hydrogens is 793 g/mol. The highest BCUT2D eigenvalue weighted by atomic mass is 16.7. The molecular formula is C53H60N2O8. The number of hydrogen-bond donors (Lipinski definition) is 2. The number of allylic oxidation sites excluding steroid dienone is 1. The quantitative estimate of drug-likeness (QED) is 0.0479. The average molecular weight is 853 g/mol. The Labute approximate surface area is 370 Å². The van der Waals surface area contributed by atoms with E-state index in [-0.39, 0.29) is 57.1 Å². The molecule has 0 radical (unpaired) electrons. The zero-order valence-electron chi connectivity index (χ0n) is 36.5. The molecule has 1 amide bonds. The molecule has 1 heterocycles. The van der Waals surface area contributed by atoms with Crippen molar-refractivity contribution in [2.24, 2.45) is 22.9 Å². The van der Waals surface area contributed by atoms with Crippen molar-refractivity contribution in [3.63, 3.8) is 0 Å². The summed E-state index contributed by atoms with van der Waals surface area (Å²) in [6.07, 6.45) is 8.55. The Morgan fingerprint density at radius 2 is 1.59 bits per heavy atom. The van der Waals surface area contributed by atoms with Crippen LogP contribution in [-0.2, 0) is 20.9 Å². The lowest BCUT2D eigenvalue weighted by Gasteiger charge is -2.59. The van der Waals surface area contributed by atoms with E-state index in [1.165, 1.54) is 0 Å². The number of carbonyl (C=O) groups is 1. The number of benzene rings is 5. The van der Waals surface area contributed by atoms with Gasteiger partial charge in [0.25, 0.3) is 0 Å². The molecule has 1 fully saturated rings. The molecule has 6 atom stereocenters. The maximum Gasteiger partial charge on any atom is 0.410 e. The lowest BCUT2D eigenvalue weighted by atomic mass is 9.55. The fourth-order valence-electron chi connectivity index (χ4n) is 10.3. The summed E-state index contributed by atoms with van der Waals surface area (Å²) in [5, 5.41) is 29.1. The normalized spacial score (nSPS) is 23.0. The van der Waals surface area contributed by atoms with E-state index >= 15 is 0 Å². The second-order valence-electron chi connectivity index (χ2n) is 16.8. The molecule has 0 bridgehead atoms. The molecule has 10 heteroatoms. The molecule has 6 unspecified atom stereocenters. The molecule has 8 rings (SSSR count). The van der Waals surface area contributed by atoms with Crippen molar-refractivity contribution in [3.8, 4) is 17.2 Å². The zero-order chi connectivity index (χ0) is 43.8. The van der Waals surface area contributed by atoms with Gasteiger partial charge in [0.15, 0.2) is 0 Å². The van der Waals surface area contributed by atoms with Crippen LogP contribution >= 0.6 is 0 Å². The predicted octanol–water partition coefficient (Wildman–Crippen LogP) is 11.1. The molecule has 0 saturated heterocycles. The van der Waals surface area contributed by atoms with Crippen LogP contribution in [0.4, 0.5) is 4.79 Å². The molecule has 5 aromatic carbocycles. The molecule has 1 aliphatic heterocycles. The van der Waals surface area contributed by atoms with Crippen molar-refractivity contribution in [1.29, 1.82) is 0 Å². The van der Waals surface area contributed by atoms with Crippen molar-refractivity contribution < 1.29 is 38.8 Å². The van der Waals surface area contributed by atoms with Crippen LogP contribution in [0.1, 0.15) is 75.8 Å². The van der Waals surface area contributed by atoms with Gasteiger partial charge in [-0.1, -0.05) is 103 Å². The Morgan fingerprint density at radius 1 is 0.857 bits per heavy atom. The van der Waals surface area contributed by atoms with Gasteiger partial charge in [-0.3, -0.25) is 4.90 Å². The largest absolute Gasteiger partial charge is 0.459 e. The summed E-state index contributed by atoms with van der Waals surface area (Å²) >= 11 is 0. The predicted molar refractivity (Wildman–Crippen MR) is 247 cm³/mol. The summed E-state index contributed by atoms with van der Waals surface area (Å²) in [5.74, 6) is 0.125. The van der Waals surface area contributed by atoms with Gasteiger partial charge in [-0.05, 0) is 114 Å². The first-order chi connectivity index (χ1) is 30.9. The van der Waals surface area contributed by atoms with Crippen LogP contribution in [-0.4, -0.2) is 71.8 Å². The summed E-state index contributed by atoms with van der Waals surface area (Å²) in [4.78, 5) is 22.4. The van der Waals surface area contributed by atoms with E-state index in [1.807, 2.05) is 62.4 Å². The van der Waals surface area contributed by atoms with E-state index in [9.17, 15) is 15.0 Å². The van der Waals surface area contributed by atoms with E-state index in [2.05, 4.69) is 67.3 Å². The molecule has 5 aromatic rings. The van der Waals surface area contributed by atoms with Gasteiger partial charge < -0.3 is 34.0 Å². The molecule has 0 spiro atoms. The second-order valence-corrected chi connectivity index (χ2v) is 16.8. The Balaban J connectivity index is 1.33. The lowest BCUT2D eigenvalue weighted by molar-refractivity contribution is -0.256. The number of amides is 1. The van der Waals surface area contributed by atoms with Crippen molar-refractivity contribution in [2.75, 3.05) is 33.0 Å². The molecule has 2 N–H and O–H groups in total. The highest BCUT2D eigenvalue weighted by Gasteiger charge is 2.65. The first kappa shape index (κ1) is 43.9. The molecule has 63 heavy (non-hydrogen) atoms. The smallest absolute Gasteiger partial charge is 0.410 e. The number of aliphatic hydroxyl groups is 2. The van der Waals surface area contributed by atoms with Gasteiger partial charge in [-0.15, -0.1) is 6.58 Å². The minimum Gasteiger partial charge on any atom is -0.459 e. The molecule has 330 valence electrons. The number of oxime groups is 1. The lowest BCUT2D eigenvalue weighted by Crippen LogP contribution is -2.70. The minimum absolute atomic E-state index is 0.0653. The van der Waals surface area contributed by atoms with Crippen molar-refractivity contribution >= 4 is 33.3 Å². The van der Waals surface area contributed by atoms with Gasteiger partial charge >= 0.3 is 6.09 Å². The summed E-state index contributed by atoms with van der Waals surface area (Å²) in [6.45, 7) is 8.95. The Morgan fingerprint density at radius 3 is 2.37 bits per heavy atom. The van der Waals surface area contributed by atoms with E-state index in [0.29, 0.717) is 30.9 Å². The van der Waals surface area contributed by atoms with E-state index in [1.54, 1.807) is 11.0 Å². The monoisotopic (exact) mass is 852 g/mol. The zero-order valence-corrected chi connectivity index (χ0v) is 36.5. The summed E-state index contributed by atoms with van der Waals surface area (Å²) in [5.41, 5.74) is 3.65. The number of ether oxygens (including phenoxy) is 4. The van der Waals surface area contributed by atoms with E-state index in [0.717, 1.165) is 75.4 Å². The summed E-state index contributed by atoms with van der Waals surface area (Å²) in [6, 6.07) is 34.0. The Hall–Kier alpha value is -5.68. The fourth-order valence-corrected chi connectivity index (χ4v) is 10.3. The van der Waals surface area contributed by atoms with Crippen LogP contribution in [0.25, 0.3) is 21.5 Å². The number of fused-ring (bicyclic) bond motifs is 4. The van der Waals surface area contributed by atoms with Gasteiger partial charge in [0.1, 0.15) is 29.9 Å². The number of nitrogens with zero attached hydrogens (tertiary/aromatic N) is 2. The van der Waals surface area contributed by atoms with Crippen molar-refractivity contribution in [3.05, 3.63) is 139 Å². The minimum atomic E-state index is -1.42. The fraction of sp³-hybridized carbons (Fsp3) is 0.396. The van der Waals surface area contributed by atoms with Gasteiger partial charge in [-0.2, -0.15) is 0 Å². The first-order valence-electron chi connectivity index (χ1n) is 22.7. The molecule has 10 nitrogen and oxygen atoms in total. The first-order valence-corrected chi connectivity index (χ1v) is 22.7. The van der Waals surface area contributed by atoms with E-state index < -0.39 is 23.8 Å². The third kappa shape index (κ3) is 9.08. The molecule has 1 saturated carbocycles. The van der Waals surface area contributed by atoms with Crippen LogP contribution < -0.4 is 9.47 Å². The van der Waals surface area contributed by atoms with Crippen LogP contribution in [0.3, 0.4) is 0 Å². The van der Waals surface area contributed by atoms with Crippen molar-refractivity contribution in [2.45, 2.75) is 83.1 Å². The standard InChI is InChI=1S/C53H60N2O8/c1-4-30-60-53-49(55(52(58)59-5-2)35-40-21-15-20-37-17-9-10-22-43(37)40)34-47(54-61-6-3)45-32-39(19-11-13-28-56)44(23-12-14-29-57)50(51(45)53)46-33-42(26-27-48(46)63-53)62-41-25-24-36-16-7-8-18-38(36)31-41/h4,7-10,15-18,20-22,24-27,31-33,39,44,49-51,56-57H,1,5-6,11-14,19,23,28-30,34-35H2,2-3H3. The number of aliphatic hydroxyl groups excluding tert-OH is 2. The second kappa shape index (κ2) is 20.2. The highest BCUT2D eigenvalue weighted by Crippen LogP contribution is 2.62. The molecule has 2 aliphatic carbocycles. The maximum absolute atomic E-state index is 14.6. The topological polar surface area (TPSA) is 119 Å². The van der Waals surface area contributed by atoms with Crippen LogP contribution in [0.15, 0.2) is 133 Å². The van der Waals surface area contributed by atoms with Crippen LogP contribution in [0.2, 0.25) is 0 Å². The third-order valence-electron chi connectivity index (χ3n) is 13.0. The average Bonchev–Trinajstić information content (AvgIpc) is 3.30. The van der Waals surface area contributed by atoms with Gasteiger partial charge in [0.05, 0.1) is 31.4 Å². The SMILES string of the molecule is C=CCOC12Oc3ccc(Oc4ccc5ccccc5c4)cc3C3C(CCCCO)C(CCCCO)C=C(C(=NOCC)CC1N(Cc1cccc4ccccc14)C(=O)OCC)C32. The summed E-state index contributed by atoms with van der Waals surface area (Å²) in [7, 11) is 0. The maximum atomic E-state index is 14.6. The van der Waals surface area contributed by atoms with E-state index in [4.69, 9.17) is 28.9 Å². The third-order valence-corrected chi connectivity index (χ3v) is 13.0. The number of unbranched alkanes of at least 4 members (excludes halogenated alkanes) is 2. The Kier molecular flexibility index (Phi) is 14.1. The molecule has 3 aliphatic rings. The Bertz CT molecular complexity index is 2440. The number of carbonyl (C=O) groups excluding carboxylic acids is 1. The van der Waals surface area contributed by atoms with Crippen LogP contribution in [0, 0.1) is 17.8 Å². The summed E-state index contributed by atoms with van der Waals surface area (Å²) < 4.78 is 27.2. The van der Waals surface area contributed by atoms with Gasteiger partial charge in [0.2, 0.25) is 5.79 Å². The number of hydrogen-bond acceptors (Lipinski definition) is 9. The van der Waals surface area contributed by atoms with Gasteiger partial charge in [-0.25, -0.2) is 4.79 Å². The van der Waals surface area contributed by atoms with Crippen molar-refractivity contribution in [1.82, 2.24) is 4.90 Å². The highest BCUT2D eigenvalue weighted by molar-refractivity contribution is 6.03. The van der Waals surface area contributed by atoms with Gasteiger partial charge in [0, 0.05) is 31.1 Å². The molecule has 0 aromatic heterocycles. The number of rotatable bonds is 19. The van der Waals surface area contributed by atoms with Crippen LogP contribution in [0.5, 0.6) is 17.2 Å².